The van der Waals surface area contributed by atoms with Crippen LogP contribution in [0.3, 0.4) is 0 Å². The van der Waals surface area contributed by atoms with Crippen molar-refractivity contribution >= 4 is 33.8 Å². The Morgan fingerprint density at radius 3 is 1.97 bits per heavy atom. The Bertz CT molecular complexity index is 1370. The summed E-state index contributed by atoms with van der Waals surface area (Å²) in [5, 5.41) is 2.38. The van der Waals surface area contributed by atoms with E-state index in [0.717, 1.165) is 28.2 Å². The molecule has 0 spiro atoms. The Morgan fingerprint density at radius 1 is 0.588 bits per heavy atom. The molecule has 0 heterocycles. The van der Waals surface area contributed by atoms with Crippen molar-refractivity contribution in [1.82, 2.24) is 0 Å². The van der Waals surface area contributed by atoms with E-state index in [1.165, 1.54) is 10.8 Å². The van der Waals surface area contributed by atoms with Crippen molar-refractivity contribution in [2.45, 2.75) is 13.0 Å². The third kappa shape index (κ3) is 4.84. The van der Waals surface area contributed by atoms with Crippen molar-refractivity contribution in [1.29, 1.82) is 0 Å². The summed E-state index contributed by atoms with van der Waals surface area (Å²) in [5.41, 5.74) is 5.13. The molecule has 0 saturated heterocycles. The summed E-state index contributed by atoms with van der Waals surface area (Å²) >= 11 is 0. The maximum atomic E-state index is 12.4. The highest BCUT2D eigenvalue weighted by atomic mass is 16.5. The van der Waals surface area contributed by atoms with Gasteiger partial charge in [-0.3, -0.25) is 4.79 Å². The molecule has 0 N–H and O–H groups in total. The van der Waals surface area contributed by atoms with Gasteiger partial charge < -0.3 is 9.64 Å². The highest BCUT2D eigenvalue weighted by molar-refractivity contribution is 5.98. The molecule has 0 aliphatic rings. The molecule has 5 aromatic carbocycles. The van der Waals surface area contributed by atoms with Crippen LogP contribution in [0, 0.1) is 0 Å². The molecule has 0 atom stereocenters. The third-order valence-corrected chi connectivity index (χ3v) is 5.81. The second kappa shape index (κ2) is 10.1. The Morgan fingerprint density at radius 2 is 1.21 bits per heavy atom. The Balaban J connectivity index is 1.40. The first-order chi connectivity index (χ1) is 16.8. The zero-order valence-corrected chi connectivity index (χ0v) is 18.8. The molecule has 3 nitrogen and oxygen atoms in total. The fourth-order valence-corrected chi connectivity index (χ4v) is 4.13. The van der Waals surface area contributed by atoms with Gasteiger partial charge in [-0.25, -0.2) is 0 Å². The molecule has 0 aliphatic carbocycles. The van der Waals surface area contributed by atoms with Gasteiger partial charge in [0.1, 0.15) is 6.61 Å². The van der Waals surface area contributed by atoms with Crippen molar-refractivity contribution in [2.75, 3.05) is 4.90 Å². The van der Waals surface area contributed by atoms with Gasteiger partial charge in [0.25, 0.3) is 0 Å². The molecule has 5 aromatic rings. The van der Waals surface area contributed by atoms with Gasteiger partial charge >= 0.3 is 5.97 Å². The van der Waals surface area contributed by atoms with Gasteiger partial charge in [0, 0.05) is 16.8 Å². The van der Waals surface area contributed by atoms with E-state index in [-0.39, 0.29) is 12.4 Å². The molecule has 0 bridgehead atoms. The standard InChI is InChI=1S/C31H25NO2/c33-31(34-23-25-10-3-1-4-11-25)22-24-18-20-28(21-19-24)32(27-14-5-2-6-15-27)30-17-9-13-26-12-7-8-16-29(26)30/h1-21H,22-23H2. The van der Waals surface area contributed by atoms with Crippen molar-refractivity contribution in [3.05, 3.63) is 139 Å². The zero-order chi connectivity index (χ0) is 23.2. The van der Waals surface area contributed by atoms with Gasteiger partial charge in [-0.1, -0.05) is 97.1 Å². The molecule has 0 fully saturated rings. The Kier molecular flexibility index (Phi) is 6.35. The number of para-hydroxylation sites is 1. The van der Waals surface area contributed by atoms with E-state index >= 15 is 0 Å². The zero-order valence-electron chi connectivity index (χ0n) is 18.8. The molecule has 5 rings (SSSR count). The number of ether oxygens (including phenoxy) is 1. The van der Waals surface area contributed by atoms with E-state index in [0.29, 0.717) is 6.61 Å². The fourth-order valence-electron chi connectivity index (χ4n) is 4.13. The van der Waals surface area contributed by atoms with E-state index in [2.05, 4.69) is 71.6 Å². The van der Waals surface area contributed by atoms with Gasteiger partial charge in [0.2, 0.25) is 0 Å². The Labute approximate surface area is 199 Å². The van der Waals surface area contributed by atoms with E-state index in [4.69, 9.17) is 4.74 Å². The van der Waals surface area contributed by atoms with Gasteiger partial charge in [0.15, 0.2) is 0 Å². The minimum absolute atomic E-state index is 0.231. The highest BCUT2D eigenvalue weighted by Crippen LogP contribution is 2.38. The maximum Gasteiger partial charge on any atom is 0.310 e. The van der Waals surface area contributed by atoms with E-state index in [1.54, 1.807) is 0 Å². The van der Waals surface area contributed by atoms with Crippen LogP contribution in [0.5, 0.6) is 0 Å². The van der Waals surface area contributed by atoms with Crippen molar-refractivity contribution in [3.8, 4) is 0 Å². The summed E-state index contributed by atoms with van der Waals surface area (Å²) in [7, 11) is 0. The average molecular weight is 444 g/mol. The van der Waals surface area contributed by atoms with Crippen LogP contribution >= 0.6 is 0 Å². The molecule has 0 saturated carbocycles. The minimum atomic E-state index is -0.231. The average Bonchev–Trinajstić information content (AvgIpc) is 2.90. The summed E-state index contributed by atoms with van der Waals surface area (Å²) in [5.74, 6) is -0.231. The first-order valence-electron chi connectivity index (χ1n) is 11.4. The third-order valence-electron chi connectivity index (χ3n) is 5.81. The maximum absolute atomic E-state index is 12.4. The molecular weight excluding hydrogens is 418 g/mol. The van der Waals surface area contributed by atoms with Crippen molar-refractivity contribution < 1.29 is 9.53 Å². The van der Waals surface area contributed by atoms with Crippen LogP contribution in [0.4, 0.5) is 17.1 Å². The predicted molar refractivity (Wildman–Crippen MR) is 139 cm³/mol. The van der Waals surface area contributed by atoms with Crippen LogP contribution in [0.15, 0.2) is 127 Å². The number of hydrogen-bond acceptors (Lipinski definition) is 3. The number of benzene rings is 5. The second-order valence-corrected chi connectivity index (χ2v) is 8.16. The van der Waals surface area contributed by atoms with Gasteiger partial charge in [-0.15, -0.1) is 0 Å². The van der Waals surface area contributed by atoms with E-state index < -0.39 is 0 Å². The first-order valence-corrected chi connectivity index (χ1v) is 11.4. The molecule has 166 valence electrons. The van der Waals surface area contributed by atoms with Gasteiger partial charge in [-0.05, 0) is 46.8 Å². The van der Waals surface area contributed by atoms with E-state index in [1.807, 2.05) is 60.7 Å². The topological polar surface area (TPSA) is 29.5 Å². The summed E-state index contributed by atoms with van der Waals surface area (Å²) in [6.07, 6.45) is 0.243. The van der Waals surface area contributed by atoms with Crippen molar-refractivity contribution in [3.63, 3.8) is 0 Å². The number of hydrogen-bond donors (Lipinski definition) is 0. The second-order valence-electron chi connectivity index (χ2n) is 8.16. The molecule has 0 unspecified atom stereocenters. The van der Waals surface area contributed by atoms with Crippen LogP contribution < -0.4 is 4.90 Å². The minimum Gasteiger partial charge on any atom is -0.461 e. The number of nitrogens with zero attached hydrogens (tertiary/aromatic N) is 1. The summed E-state index contributed by atoms with van der Waals surface area (Å²) in [4.78, 5) is 14.6. The number of fused-ring (bicyclic) bond motifs is 1. The SMILES string of the molecule is O=C(Cc1ccc(N(c2ccccc2)c2cccc3ccccc23)cc1)OCc1ccccc1. The fraction of sp³-hybridized carbons (Fsp3) is 0.0645. The monoisotopic (exact) mass is 443 g/mol. The lowest BCUT2D eigenvalue weighted by atomic mass is 10.1. The number of anilines is 3. The van der Waals surface area contributed by atoms with Gasteiger partial charge in [-0.2, -0.15) is 0 Å². The molecule has 3 heteroatoms. The number of carbonyl (C=O) groups excluding carboxylic acids is 1. The molecule has 0 amide bonds. The van der Waals surface area contributed by atoms with Crippen LogP contribution in [0.1, 0.15) is 11.1 Å². The molecule has 0 aromatic heterocycles. The lowest BCUT2D eigenvalue weighted by molar-refractivity contribution is -0.144. The predicted octanol–water partition coefficient (Wildman–Crippen LogP) is 7.60. The normalized spacial score (nSPS) is 10.7. The van der Waals surface area contributed by atoms with Crippen LogP contribution in [0.25, 0.3) is 10.8 Å². The molecular formula is C31H25NO2. The lowest BCUT2D eigenvalue weighted by Gasteiger charge is -2.27. The smallest absolute Gasteiger partial charge is 0.310 e. The first kappa shape index (κ1) is 21.5. The van der Waals surface area contributed by atoms with E-state index in [9.17, 15) is 4.79 Å². The van der Waals surface area contributed by atoms with Crippen LogP contribution in [-0.4, -0.2) is 5.97 Å². The molecule has 0 aliphatic heterocycles. The highest BCUT2D eigenvalue weighted by Gasteiger charge is 2.15. The quantitative estimate of drug-likeness (QED) is 0.243. The summed E-state index contributed by atoms with van der Waals surface area (Å²) in [6.45, 7) is 0.292. The summed E-state index contributed by atoms with van der Waals surface area (Å²) in [6, 6.07) is 43.0. The summed E-state index contributed by atoms with van der Waals surface area (Å²) < 4.78 is 5.45. The Hall–Kier alpha value is -4.37. The van der Waals surface area contributed by atoms with Crippen LogP contribution in [-0.2, 0) is 22.6 Å². The lowest BCUT2D eigenvalue weighted by Crippen LogP contribution is -2.11. The number of rotatable bonds is 7. The number of esters is 1. The molecule has 0 radical (unpaired) electrons. The number of carbonyl (C=O) groups is 1. The van der Waals surface area contributed by atoms with Crippen LogP contribution in [0.2, 0.25) is 0 Å². The van der Waals surface area contributed by atoms with Gasteiger partial charge in [0.05, 0.1) is 12.1 Å². The molecule has 34 heavy (non-hydrogen) atoms. The largest absolute Gasteiger partial charge is 0.461 e. The van der Waals surface area contributed by atoms with Crippen molar-refractivity contribution in [2.24, 2.45) is 0 Å².